The molecule has 1 N–H and O–H groups in total. The molecule has 6 nitrogen and oxygen atoms in total. The quantitative estimate of drug-likeness (QED) is 0.600. The van der Waals surface area contributed by atoms with Crippen LogP contribution in [-0.4, -0.2) is 40.4 Å². The molecule has 0 fully saturated rings. The number of alkyl halides is 3. The number of nitrogens with zero attached hydrogens (tertiary/aromatic N) is 3. The van der Waals surface area contributed by atoms with Crippen LogP contribution in [0.1, 0.15) is 12.0 Å². The maximum Gasteiger partial charge on any atom is 0.573 e. The van der Waals surface area contributed by atoms with Crippen LogP contribution in [0.15, 0.2) is 54.9 Å². The van der Waals surface area contributed by atoms with Crippen molar-refractivity contribution in [3.63, 3.8) is 0 Å². The van der Waals surface area contributed by atoms with Crippen molar-refractivity contribution in [2.45, 2.75) is 25.9 Å². The van der Waals surface area contributed by atoms with Crippen molar-refractivity contribution in [3.05, 3.63) is 60.4 Å². The molecule has 0 saturated heterocycles. The van der Waals surface area contributed by atoms with Crippen LogP contribution in [0.25, 0.3) is 11.0 Å². The van der Waals surface area contributed by atoms with Gasteiger partial charge in [0, 0.05) is 26.7 Å². The largest absolute Gasteiger partial charge is 0.573 e. The van der Waals surface area contributed by atoms with Crippen LogP contribution in [0.5, 0.6) is 5.75 Å². The van der Waals surface area contributed by atoms with Gasteiger partial charge in [-0.3, -0.25) is 0 Å². The van der Waals surface area contributed by atoms with E-state index >= 15 is 0 Å². The van der Waals surface area contributed by atoms with Gasteiger partial charge in [-0.05, 0) is 36.2 Å². The van der Waals surface area contributed by atoms with E-state index in [9.17, 15) is 18.0 Å². The maximum atomic E-state index is 12.2. The summed E-state index contributed by atoms with van der Waals surface area (Å²) in [5.41, 5.74) is 2.68. The molecule has 0 atom stereocenters. The number of aromatic nitrogens is 2. The zero-order valence-corrected chi connectivity index (χ0v) is 15.8. The zero-order chi connectivity index (χ0) is 20.9. The number of benzene rings is 2. The molecule has 1 aromatic heterocycles. The fraction of sp³-hybridized carbons (Fsp3) is 0.300. The van der Waals surface area contributed by atoms with Crippen LogP contribution in [-0.2, 0) is 13.1 Å². The number of hydrogen-bond donors (Lipinski definition) is 1. The number of rotatable bonds is 7. The summed E-state index contributed by atoms with van der Waals surface area (Å²) in [6, 6.07) is 13.0. The van der Waals surface area contributed by atoms with E-state index in [2.05, 4.69) is 15.0 Å². The molecule has 0 spiro atoms. The number of para-hydroxylation sites is 2. The Morgan fingerprint density at radius 2 is 1.90 bits per heavy atom. The van der Waals surface area contributed by atoms with E-state index in [-0.39, 0.29) is 18.3 Å². The SMILES string of the molecule is CN(Cc1ccc(OC(F)(F)F)cc1)C(=O)NCCCn1cnc2ccccc21. The Kier molecular flexibility index (Phi) is 6.26. The lowest BCUT2D eigenvalue weighted by Gasteiger charge is -2.18. The summed E-state index contributed by atoms with van der Waals surface area (Å²) in [6.07, 6.45) is -2.20. The van der Waals surface area contributed by atoms with Gasteiger partial charge in [-0.15, -0.1) is 13.2 Å². The van der Waals surface area contributed by atoms with Crippen molar-refractivity contribution in [1.29, 1.82) is 0 Å². The average Bonchev–Trinajstić information content (AvgIpc) is 3.08. The number of halogens is 3. The molecule has 1 heterocycles. The normalized spacial score (nSPS) is 11.4. The lowest BCUT2D eigenvalue weighted by atomic mass is 10.2. The van der Waals surface area contributed by atoms with Crippen LogP contribution in [0.3, 0.4) is 0 Å². The molecule has 2 amide bonds. The molecular weight excluding hydrogens is 385 g/mol. The number of aryl methyl sites for hydroxylation is 1. The van der Waals surface area contributed by atoms with E-state index in [1.807, 2.05) is 28.8 Å². The highest BCUT2D eigenvalue weighted by molar-refractivity contribution is 5.75. The van der Waals surface area contributed by atoms with Crippen LogP contribution in [0.4, 0.5) is 18.0 Å². The first-order valence-corrected chi connectivity index (χ1v) is 9.05. The molecule has 29 heavy (non-hydrogen) atoms. The number of hydrogen-bond acceptors (Lipinski definition) is 3. The molecule has 0 radical (unpaired) electrons. The number of urea groups is 1. The molecule has 0 aliphatic heterocycles. The number of nitrogens with one attached hydrogen (secondary N) is 1. The molecule has 0 aliphatic rings. The minimum atomic E-state index is -4.72. The summed E-state index contributed by atoms with van der Waals surface area (Å²) < 4.78 is 42.4. The van der Waals surface area contributed by atoms with E-state index in [1.165, 1.54) is 29.2 Å². The number of ether oxygens (including phenoxy) is 1. The Labute approximate surface area is 165 Å². The highest BCUT2D eigenvalue weighted by Crippen LogP contribution is 2.23. The van der Waals surface area contributed by atoms with Gasteiger partial charge in [-0.25, -0.2) is 9.78 Å². The second kappa shape index (κ2) is 8.85. The first kappa shape index (κ1) is 20.5. The number of imidazole rings is 1. The molecule has 3 rings (SSSR count). The van der Waals surface area contributed by atoms with Crippen molar-refractivity contribution in [2.75, 3.05) is 13.6 Å². The molecular formula is C20H21F3N4O2. The first-order valence-electron chi connectivity index (χ1n) is 9.05. The molecule has 0 aliphatic carbocycles. The van der Waals surface area contributed by atoms with Gasteiger partial charge in [0.2, 0.25) is 0 Å². The van der Waals surface area contributed by atoms with Crippen LogP contribution in [0.2, 0.25) is 0 Å². The van der Waals surface area contributed by atoms with Gasteiger partial charge in [-0.1, -0.05) is 24.3 Å². The predicted molar refractivity (Wildman–Crippen MR) is 102 cm³/mol. The summed E-state index contributed by atoms with van der Waals surface area (Å²) in [4.78, 5) is 18.0. The lowest BCUT2D eigenvalue weighted by Crippen LogP contribution is -2.37. The van der Waals surface area contributed by atoms with Crippen LogP contribution in [0, 0.1) is 0 Å². The Morgan fingerprint density at radius 1 is 1.17 bits per heavy atom. The Hall–Kier alpha value is -3.23. The second-order valence-electron chi connectivity index (χ2n) is 6.56. The van der Waals surface area contributed by atoms with Gasteiger partial charge in [0.15, 0.2) is 0 Å². The lowest BCUT2D eigenvalue weighted by molar-refractivity contribution is -0.274. The van der Waals surface area contributed by atoms with Crippen molar-refractivity contribution < 1.29 is 22.7 Å². The average molecular weight is 406 g/mol. The summed E-state index contributed by atoms with van der Waals surface area (Å²) in [5.74, 6) is -0.291. The van der Waals surface area contributed by atoms with Crippen molar-refractivity contribution in [1.82, 2.24) is 19.8 Å². The molecule has 9 heteroatoms. The number of carbonyl (C=O) groups excluding carboxylic acids is 1. The second-order valence-corrected chi connectivity index (χ2v) is 6.56. The molecule has 0 saturated carbocycles. The number of amides is 2. The van der Waals surface area contributed by atoms with E-state index in [4.69, 9.17) is 0 Å². The van der Waals surface area contributed by atoms with Crippen molar-refractivity contribution in [3.8, 4) is 5.75 Å². The van der Waals surface area contributed by atoms with E-state index in [0.717, 1.165) is 24.0 Å². The van der Waals surface area contributed by atoms with E-state index < -0.39 is 6.36 Å². The van der Waals surface area contributed by atoms with E-state index in [0.29, 0.717) is 12.1 Å². The van der Waals surface area contributed by atoms with Crippen LogP contribution >= 0.6 is 0 Å². The molecule has 0 unspecified atom stereocenters. The third-order valence-electron chi connectivity index (χ3n) is 4.30. The highest BCUT2D eigenvalue weighted by atomic mass is 19.4. The van der Waals surface area contributed by atoms with Crippen molar-refractivity contribution >= 4 is 17.1 Å². The summed E-state index contributed by atoms with van der Waals surface area (Å²) in [6.45, 7) is 1.49. The predicted octanol–water partition coefficient (Wildman–Crippen LogP) is 4.17. The summed E-state index contributed by atoms with van der Waals surface area (Å²) >= 11 is 0. The smallest absolute Gasteiger partial charge is 0.406 e. The summed E-state index contributed by atoms with van der Waals surface area (Å²) in [7, 11) is 1.62. The molecule has 0 bridgehead atoms. The van der Waals surface area contributed by atoms with E-state index in [1.54, 1.807) is 13.4 Å². The minimum Gasteiger partial charge on any atom is -0.406 e. The monoisotopic (exact) mass is 406 g/mol. The van der Waals surface area contributed by atoms with Crippen LogP contribution < -0.4 is 10.1 Å². The molecule has 154 valence electrons. The Bertz CT molecular complexity index is 954. The van der Waals surface area contributed by atoms with Gasteiger partial charge in [-0.2, -0.15) is 0 Å². The van der Waals surface area contributed by atoms with Gasteiger partial charge in [0.25, 0.3) is 0 Å². The topological polar surface area (TPSA) is 59.4 Å². The highest BCUT2D eigenvalue weighted by Gasteiger charge is 2.30. The zero-order valence-electron chi connectivity index (χ0n) is 15.8. The van der Waals surface area contributed by atoms with Gasteiger partial charge >= 0.3 is 12.4 Å². The molecule has 2 aromatic carbocycles. The first-order chi connectivity index (χ1) is 13.8. The summed E-state index contributed by atoms with van der Waals surface area (Å²) in [5, 5.41) is 2.84. The Balaban J connectivity index is 1.42. The van der Waals surface area contributed by atoms with Gasteiger partial charge in [0.05, 0.1) is 17.4 Å². The fourth-order valence-corrected chi connectivity index (χ4v) is 2.91. The minimum absolute atomic E-state index is 0.254. The number of carbonyl (C=O) groups is 1. The number of fused-ring (bicyclic) bond motifs is 1. The standard InChI is InChI=1S/C20H21F3N4O2/c1-26(13-15-7-9-16(10-8-15)29-20(21,22)23)19(28)24-11-4-12-27-14-25-17-5-2-3-6-18(17)27/h2-3,5-10,14H,4,11-13H2,1H3,(H,24,28). The van der Waals surface area contributed by atoms with Gasteiger partial charge < -0.3 is 19.5 Å². The fourth-order valence-electron chi connectivity index (χ4n) is 2.91. The van der Waals surface area contributed by atoms with Crippen molar-refractivity contribution in [2.24, 2.45) is 0 Å². The Morgan fingerprint density at radius 3 is 2.62 bits per heavy atom. The third-order valence-corrected chi connectivity index (χ3v) is 4.30. The van der Waals surface area contributed by atoms with Gasteiger partial charge in [0.1, 0.15) is 5.75 Å². The maximum absolute atomic E-state index is 12.2. The third kappa shape index (κ3) is 5.87. The molecule has 3 aromatic rings.